The van der Waals surface area contributed by atoms with Crippen molar-refractivity contribution in [3.63, 3.8) is 0 Å². The number of aromatic nitrogens is 1. The highest BCUT2D eigenvalue weighted by molar-refractivity contribution is 5.81. The lowest BCUT2D eigenvalue weighted by Gasteiger charge is -2.42. The number of amides is 1. The van der Waals surface area contributed by atoms with E-state index in [0.29, 0.717) is 13.2 Å². The van der Waals surface area contributed by atoms with Crippen molar-refractivity contribution in [3.05, 3.63) is 65.2 Å². The number of halogens is 1. The Morgan fingerprint density at radius 3 is 2.75 bits per heavy atom. The van der Waals surface area contributed by atoms with Crippen LogP contribution in [0.15, 0.2) is 42.6 Å². The molecule has 0 aliphatic heterocycles. The summed E-state index contributed by atoms with van der Waals surface area (Å²) >= 11 is 0. The van der Waals surface area contributed by atoms with E-state index in [1.54, 1.807) is 7.11 Å². The number of carbonyl (C=O) groups excluding carboxylic acids is 1. The van der Waals surface area contributed by atoms with E-state index in [4.69, 9.17) is 4.74 Å². The normalized spacial score (nSPS) is 23.6. The molecule has 28 heavy (non-hydrogen) atoms. The second-order valence-electron chi connectivity index (χ2n) is 7.82. The molecule has 5 heteroatoms. The van der Waals surface area contributed by atoms with E-state index in [2.05, 4.69) is 11.1 Å². The standard InChI is InChI=1S/C23H27FN2O2/c1-28-15-14-26(21-6-2-4-17-5-3-13-25-22(17)21)23(27)20-12-11-19(20)16-7-9-18(24)10-8-16/h3,5,7-10,13,19-21H,2,4,6,11-12,14-15H2,1H3. The van der Waals surface area contributed by atoms with Gasteiger partial charge < -0.3 is 9.64 Å². The maximum absolute atomic E-state index is 13.6. The van der Waals surface area contributed by atoms with Crippen LogP contribution in [0.3, 0.4) is 0 Å². The summed E-state index contributed by atoms with van der Waals surface area (Å²) in [6.07, 6.45) is 6.69. The lowest BCUT2D eigenvalue weighted by Crippen LogP contribution is -2.46. The minimum absolute atomic E-state index is 0.0158. The molecule has 4 rings (SSSR count). The Hall–Kier alpha value is -2.27. The molecule has 148 valence electrons. The summed E-state index contributed by atoms with van der Waals surface area (Å²) in [7, 11) is 1.67. The third kappa shape index (κ3) is 3.68. The molecule has 1 amide bonds. The van der Waals surface area contributed by atoms with Gasteiger partial charge in [-0.1, -0.05) is 18.2 Å². The van der Waals surface area contributed by atoms with Crippen LogP contribution >= 0.6 is 0 Å². The molecule has 1 saturated carbocycles. The molecule has 2 aliphatic carbocycles. The van der Waals surface area contributed by atoms with Gasteiger partial charge in [-0.2, -0.15) is 0 Å². The van der Waals surface area contributed by atoms with Crippen molar-refractivity contribution in [2.45, 2.75) is 44.1 Å². The first-order valence-corrected chi connectivity index (χ1v) is 10.2. The summed E-state index contributed by atoms with van der Waals surface area (Å²) in [5.41, 5.74) is 3.34. The first-order valence-electron chi connectivity index (χ1n) is 10.2. The van der Waals surface area contributed by atoms with Crippen LogP contribution in [0.1, 0.15) is 54.5 Å². The van der Waals surface area contributed by atoms with Gasteiger partial charge in [0.05, 0.1) is 18.3 Å². The van der Waals surface area contributed by atoms with Crippen LogP contribution in [-0.4, -0.2) is 36.1 Å². The molecule has 0 radical (unpaired) electrons. The lowest BCUT2D eigenvalue weighted by molar-refractivity contribution is -0.143. The summed E-state index contributed by atoms with van der Waals surface area (Å²) < 4.78 is 18.6. The van der Waals surface area contributed by atoms with Gasteiger partial charge in [0.1, 0.15) is 5.82 Å². The van der Waals surface area contributed by atoms with E-state index >= 15 is 0 Å². The van der Waals surface area contributed by atoms with Gasteiger partial charge in [0.2, 0.25) is 5.91 Å². The van der Waals surface area contributed by atoms with Crippen molar-refractivity contribution in [2.24, 2.45) is 5.92 Å². The predicted octanol–water partition coefficient (Wildman–Crippen LogP) is 4.27. The first-order chi connectivity index (χ1) is 13.7. The van der Waals surface area contributed by atoms with Gasteiger partial charge in [0, 0.05) is 25.8 Å². The monoisotopic (exact) mass is 382 g/mol. The fourth-order valence-electron chi connectivity index (χ4n) is 4.62. The van der Waals surface area contributed by atoms with E-state index in [-0.39, 0.29) is 29.6 Å². The van der Waals surface area contributed by atoms with Gasteiger partial charge in [-0.3, -0.25) is 9.78 Å². The number of hydrogen-bond acceptors (Lipinski definition) is 3. The molecule has 3 unspecified atom stereocenters. The average Bonchev–Trinajstić information content (AvgIpc) is 2.69. The minimum Gasteiger partial charge on any atom is -0.383 e. The predicted molar refractivity (Wildman–Crippen MR) is 105 cm³/mol. The topological polar surface area (TPSA) is 42.4 Å². The Kier molecular flexibility index (Phi) is 5.72. The fraction of sp³-hybridized carbons (Fsp3) is 0.478. The van der Waals surface area contributed by atoms with Crippen LogP contribution in [0.4, 0.5) is 4.39 Å². The van der Waals surface area contributed by atoms with Gasteiger partial charge in [-0.15, -0.1) is 0 Å². The number of methoxy groups -OCH3 is 1. The number of carbonyl (C=O) groups is 1. The lowest BCUT2D eigenvalue weighted by atomic mass is 9.69. The van der Waals surface area contributed by atoms with Crippen LogP contribution in [-0.2, 0) is 16.0 Å². The maximum Gasteiger partial charge on any atom is 0.226 e. The van der Waals surface area contributed by atoms with Gasteiger partial charge in [-0.05, 0) is 67.3 Å². The van der Waals surface area contributed by atoms with Gasteiger partial charge in [0.25, 0.3) is 0 Å². The minimum atomic E-state index is -0.238. The number of fused-ring (bicyclic) bond motifs is 1. The second kappa shape index (κ2) is 8.39. The van der Waals surface area contributed by atoms with Crippen molar-refractivity contribution < 1.29 is 13.9 Å². The molecule has 0 spiro atoms. The average molecular weight is 382 g/mol. The Bertz CT molecular complexity index is 824. The first kappa shape index (κ1) is 19.1. The van der Waals surface area contributed by atoms with Crippen LogP contribution in [0.2, 0.25) is 0 Å². The van der Waals surface area contributed by atoms with Crippen molar-refractivity contribution in [1.29, 1.82) is 0 Å². The molecule has 0 N–H and O–H groups in total. The molecule has 4 nitrogen and oxygen atoms in total. The third-order valence-electron chi connectivity index (χ3n) is 6.25. The Balaban J connectivity index is 1.58. The molecule has 1 aromatic heterocycles. The Morgan fingerprint density at radius 1 is 1.21 bits per heavy atom. The van der Waals surface area contributed by atoms with Crippen LogP contribution in [0.25, 0.3) is 0 Å². The van der Waals surface area contributed by atoms with Crippen molar-refractivity contribution >= 4 is 5.91 Å². The summed E-state index contributed by atoms with van der Waals surface area (Å²) in [4.78, 5) is 20.2. The Morgan fingerprint density at radius 2 is 2.04 bits per heavy atom. The van der Waals surface area contributed by atoms with Gasteiger partial charge in [0.15, 0.2) is 0 Å². The molecule has 0 saturated heterocycles. The number of hydrogen-bond donors (Lipinski definition) is 0. The zero-order chi connectivity index (χ0) is 19.5. The smallest absolute Gasteiger partial charge is 0.226 e. The maximum atomic E-state index is 13.6. The number of nitrogens with zero attached hydrogens (tertiary/aromatic N) is 2. The van der Waals surface area contributed by atoms with Crippen LogP contribution < -0.4 is 0 Å². The van der Waals surface area contributed by atoms with E-state index < -0.39 is 0 Å². The molecular weight excluding hydrogens is 355 g/mol. The zero-order valence-electron chi connectivity index (χ0n) is 16.3. The third-order valence-corrected chi connectivity index (χ3v) is 6.25. The second-order valence-corrected chi connectivity index (χ2v) is 7.82. The van der Waals surface area contributed by atoms with Gasteiger partial charge in [-0.25, -0.2) is 4.39 Å². The number of aryl methyl sites for hydroxylation is 1. The number of ether oxygens (including phenoxy) is 1. The van der Waals surface area contributed by atoms with Crippen molar-refractivity contribution in [2.75, 3.05) is 20.3 Å². The highest BCUT2D eigenvalue weighted by Crippen LogP contribution is 2.45. The van der Waals surface area contributed by atoms with Crippen molar-refractivity contribution in [1.82, 2.24) is 9.88 Å². The number of pyridine rings is 1. The van der Waals surface area contributed by atoms with Crippen LogP contribution in [0, 0.1) is 11.7 Å². The summed E-state index contributed by atoms with van der Waals surface area (Å²) in [5, 5.41) is 0. The fourth-order valence-corrected chi connectivity index (χ4v) is 4.62. The summed E-state index contributed by atoms with van der Waals surface area (Å²) in [6.45, 7) is 1.08. The molecule has 2 aromatic rings. The zero-order valence-corrected chi connectivity index (χ0v) is 16.3. The largest absolute Gasteiger partial charge is 0.383 e. The molecule has 1 heterocycles. The highest BCUT2D eigenvalue weighted by atomic mass is 19.1. The van der Waals surface area contributed by atoms with E-state index in [9.17, 15) is 9.18 Å². The number of benzene rings is 1. The molecule has 1 fully saturated rings. The molecular formula is C23H27FN2O2. The summed E-state index contributed by atoms with van der Waals surface area (Å²) in [5.74, 6) is 0.0695. The van der Waals surface area contributed by atoms with E-state index in [1.807, 2.05) is 29.3 Å². The van der Waals surface area contributed by atoms with E-state index in [0.717, 1.165) is 43.4 Å². The quantitative estimate of drug-likeness (QED) is 0.749. The molecule has 1 aromatic carbocycles. The molecule has 3 atom stereocenters. The SMILES string of the molecule is COCCN(C(=O)C1CCC1c1ccc(F)cc1)C1CCCc2cccnc21. The summed E-state index contributed by atoms with van der Waals surface area (Å²) in [6, 6.07) is 10.7. The van der Waals surface area contributed by atoms with Crippen molar-refractivity contribution in [3.8, 4) is 0 Å². The molecule has 0 bridgehead atoms. The van der Waals surface area contributed by atoms with E-state index in [1.165, 1.54) is 17.7 Å². The van der Waals surface area contributed by atoms with Crippen LogP contribution in [0.5, 0.6) is 0 Å². The highest BCUT2D eigenvalue weighted by Gasteiger charge is 2.42. The Labute approximate surface area is 165 Å². The molecule has 2 aliphatic rings. The number of rotatable bonds is 6. The van der Waals surface area contributed by atoms with Gasteiger partial charge >= 0.3 is 0 Å².